The number of aliphatic hydroxyl groups is 1. The molecule has 0 aromatic heterocycles. The van der Waals surface area contributed by atoms with Gasteiger partial charge in [-0.3, -0.25) is 0 Å². The third kappa shape index (κ3) is 2.36. The Balaban J connectivity index is 5.43. The first-order valence-electron chi connectivity index (χ1n) is 3.97. The van der Waals surface area contributed by atoms with E-state index < -0.39 is 29.9 Å². The molecule has 0 bridgehead atoms. The van der Waals surface area contributed by atoms with E-state index in [4.69, 9.17) is 10.8 Å². The van der Waals surface area contributed by atoms with Crippen LogP contribution in [-0.2, 0) is 0 Å². The maximum atomic E-state index is 12.2. The van der Waals surface area contributed by atoms with Crippen molar-refractivity contribution in [3.63, 3.8) is 0 Å². The van der Waals surface area contributed by atoms with Gasteiger partial charge in [-0.2, -0.15) is 26.3 Å². The second-order valence-electron chi connectivity index (χ2n) is 3.53. The summed E-state index contributed by atoms with van der Waals surface area (Å²) in [5.74, 6) is -1.17. The molecule has 0 rings (SSSR count). The molecule has 0 saturated carbocycles. The zero-order chi connectivity index (χ0) is 12.7. The summed E-state index contributed by atoms with van der Waals surface area (Å²) in [5.41, 5.74) is -0.0896. The Morgan fingerprint density at radius 3 is 1.27 bits per heavy atom. The van der Waals surface area contributed by atoms with Crippen molar-refractivity contribution in [2.75, 3.05) is 0 Å². The Labute approximate surface area is 82.1 Å². The van der Waals surface area contributed by atoms with Crippen LogP contribution in [-0.4, -0.2) is 29.1 Å². The van der Waals surface area contributed by atoms with Crippen LogP contribution in [0, 0.1) is 5.92 Å². The number of rotatable bonds is 2. The van der Waals surface area contributed by atoms with E-state index in [9.17, 15) is 26.3 Å². The fraction of sp³-hybridized carbons (Fsp3) is 1.00. The van der Waals surface area contributed by atoms with Crippen LogP contribution in [0.1, 0.15) is 13.8 Å². The fourth-order valence-electron chi connectivity index (χ4n) is 1.02. The van der Waals surface area contributed by atoms with Gasteiger partial charge in [-0.15, -0.1) is 0 Å². The van der Waals surface area contributed by atoms with Crippen molar-refractivity contribution in [1.29, 1.82) is 0 Å². The lowest BCUT2D eigenvalue weighted by Gasteiger charge is -2.38. The van der Waals surface area contributed by atoms with Gasteiger partial charge in [0, 0.05) is 0 Å². The molecular weight excluding hydrogens is 228 g/mol. The molecule has 0 aliphatic rings. The van der Waals surface area contributed by atoms with Gasteiger partial charge < -0.3 is 10.8 Å². The van der Waals surface area contributed by atoms with E-state index in [1.807, 2.05) is 0 Å². The predicted molar refractivity (Wildman–Crippen MR) is 39.9 cm³/mol. The van der Waals surface area contributed by atoms with E-state index in [1.54, 1.807) is 0 Å². The summed E-state index contributed by atoms with van der Waals surface area (Å²) in [6, 6.07) is -2.46. The summed E-state index contributed by atoms with van der Waals surface area (Å²) in [6.45, 7) is 2.13. The SMILES string of the molecule is CC(C)[C@H](N)C(O)(C(F)(F)F)C(F)(F)F. The van der Waals surface area contributed by atoms with Crippen LogP contribution in [0.4, 0.5) is 26.3 Å². The van der Waals surface area contributed by atoms with Crippen molar-refractivity contribution in [1.82, 2.24) is 0 Å². The molecule has 0 saturated heterocycles. The van der Waals surface area contributed by atoms with Gasteiger partial charge in [0.1, 0.15) is 0 Å². The minimum atomic E-state index is -5.85. The normalized spacial score (nSPS) is 17.0. The lowest BCUT2D eigenvalue weighted by Crippen LogP contribution is -2.68. The summed E-state index contributed by atoms with van der Waals surface area (Å²) in [6.07, 6.45) is -11.7. The van der Waals surface area contributed by atoms with Gasteiger partial charge >= 0.3 is 12.4 Å². The minimum absolute atomic E-state index is 1.06. The molecule has 0 aromatic carbocycles. The third-order valence-electron chi connectivity index (χ3n) is 2.06. The van der Waals surface area contributed by atoms with Crippen molar-refractivity contribution in [2.24, 2.45) is 11.7 Å². The van der Waals surface area contributed by atoms with Crippen molar-refractivity contribution >= 4 is 0 Å². The van der Waals surface area contributed by atoms with Crippen molar-refractivity contribution < 1.29 is 31.4 Å². The summed E-state index contributed by atoms with van der Waals surface area (Å²) < 4.78 is 73.0. The minimum Gasteiger partial charge on any atom is -0.372 e. The largest absolute Gasteiger partial charge is 0.427 e. The highest BCUT2D eigenvalue weighted by molar-refractivity contribution is 5.02. The summed E-state index contributed by atoms with van der Waals surface area (Å²) in [4.78, 5) is 0. The summed E-state index contributed by atoms with van der Waals surface area (Å²) in [5, 5.41) is 8.75. The first-order chi connectivity index (χ1) is 6.35. The summed E-state index contributed by atoms with van der Waals surface area (Å²) in [7, 11) is 0. The summed E-state index contributed by atoms with van der Waals surface area (Å²) >= 11 is 0. The highest BCUT2D eigenvalue weighted by Crippen LogP contribution is 2.45. The van der Waals surface area contributed by atoms with E-state index >= 15 is 0 Å². The molecule has 15 heavy (non-hydrogen) atoms. The molecule has 0 aliphatic carbocycles. The quantitative estimate of drug-likeness (QED) is 0.722. The fourth-order valence-corrected chi connectivity index (χ4v) is 1.02. The lowest BCUT2D eigenvalue weighted by molar-refractivity contribution is -0.376. The second-order valence-corrected chi connectivity index (χ2v) is 3.53. The number of alkyl halides is 6. The van der Waals surface area contributed by atoms with Gasteiger partial charge in [-0.1, -0.05) is 13.8 Å². The van der Waals surface area contributed by atoms with Gasteiger partial charge in [-0.25, -0.2) is 0 Å². The van der Waals surface area contributed by atoms with Crippen LogP contribution in [0.15, 0.2) is 0 Å². The number of hydrogen-bond acceptors (Lipinski definition) is 2. The molecule has 92 valence electrons. The van der Waals surface area contributed by atoms with Crippen molar-refractivity contribution in [2.45, 2.75) is 37.8 Å². The molecule has 0 aromatic rings. The molecule has 0 fully saturated rings. The van der Waals surface area contributed by atoms with Gasteiger partial charge in [0.25, 0.3) is 5.60 Å². The average molecular weight is 239 g/mol. The molecule has 0 amide bonds. The van der Waals surface area contributed by atoms with Crippen molar-refractivity contribution in [3.8, 4) is 0 Å². The van der Waals surface area contributed by atoms with Gasteiger partial charge in [0.05, 0.1) is 6.04 Å². The Morgan fingerprint density at radius 1 is 0.933 bits per heavy atom. The average Bonchev–Trinajstić information content (AvgIpc) is 1.96. The molecule has 1 atom stereocenters. The van der Waals surface area contributed by atoms with Crippen LogP contribution in [0.25, 0.3) is 0 Å². The molecule has 0 spiro atoms. The zero-order valence-electron chi connectivity index (χ0n) is 7.95. The van der Waals surface area contributed by atoms with E-state index in [0.29, 0.717) is 0 Å². The number of halogens is 6. The van der Waals surface area contributed by atoms with Gasteiger partial charge in [0.15, 0.2) is 0 Å². The molecule has 2 nitrogen and oxygen atoms in total. The lowest BCUT2D eigenvalue weighted by atomic mass is 9.85. The second kappa shape index (κ2) is 3.82. The van der Waals surface area contributed by atoms with Crippen LogP contribution in [0.2, 0.25) is 0 Å². The predicted octanol–water partition coefficient (Wildman–Crippen LogP) is 1.83. The standard InChI is InChI=1S/C7H11F6NO/c1-3(2)4(14)5(15,6(8,9)10)7(11,12)13/h3-4,15H,14H2,1-2H3/t4-/m0/s1. The monoisotopic (exact) mass is 239 g/mol. The number of nitrogens with two attached hydrogens (primary N) is 1. The van der Waals surface area contributed by atoms with Crippen LogP contribution in [0.3, 0.4) is 0 Å². The smallest absolute Gasteiger partial charge is 0.372 e. The highest BCUT2D eigenvalue weighted by Gasteiger charge is 2.73. The maximum Gasteiger partial charge on any atom is 0.427 e. The third-order valence-corrected chi connectivity index (χ3v) is 2.06. The van der Waals surface area contributed by atoms with E-state index in [0.717, 1.165) is 13.8 Å². The Hall–Kier alpha value is -0.500. The number of hydrogen-bond donors (Lipinski definition) is 2. The molecule has 0 aliphatic heterocycles. The first kappa shape index (κ1) is 14.5. The van der Waals surface area contributed by atoms with Gasteiger partial charge in [-0.05, 0) is 5.92 Å². The Kier molecular flexibility index (Phi) is 3.69. The van der Waals surface area contributed by atoms with Crippen molar-refractivity contribution in [3.05, 3.63) is 0 Å². The molecule has 0 unspecified atom stereocenters. The Morgan fingerprint density at radius 2 is 1.20 bits per heavy atom. The zero-order valence-corrected chi connectivity index (χ0v) is 7.95. The molecular formula is C7H11F6NO. The molecule has 3 N–H and O–H groups in total. The molecule has 8 heteroatoms. The van der Waals surface area contributed by atoms with E-state index in [1.165, 1.54) is 0 Å². The first-order valence-corrected chi connectivity index (χ1v) is 3.97. The van der Waals surface area contributed by atoms with Gasteiger partial charge in [0.2, 0.25) is 0 Å². The van der Waals surface area contributed by atoms with E-state index in [-0.39, 0.29) is 0 Å². The maximum absolute atomic E-state index is 12.2. The molecule has 0 heterocycles. The topological polar surface area (TPSA) is 46.2 Å². The Bertz CT molecular complexity index is 207. The van der Waals surface area contributed by atoms with Crippen LogP contribution in [0.5, 0.6) is 0 Å². The highest BCUT2D eigenvalue weighted by atomic mass is 19.4. The van der Waals surface area contributed by atoms with Crippen LogP contribution >= 0.6 is 0 Å². The molecule has 0 radical (unpaired) electrons. The van der Waals surface area contributed by atoms with E-state index in [2.05, 4.69) is 0 Å². The van der Waals surface area contributed by atoms with Crippen LogP contribution < -0.4 is 5.73 Å².